The zero-order chi connectivity index (χ0) is 19.0. The highest BCUT2D eigenvalue weighted by Crippen LogP contribution is 2.41. The molecule has 28 heavy (non-hydrogen) atoms. The van der Waals surface area contributed by atoms with Crippen LogP contribution in [0.5, 0.6) is 0 Å². The Labute approximate surface area is 166 Å². The minimum atomic E-state index is 0.187. The van der Waals surface area contributed by atoms with E-state index < -0.39 is 0 Å². The van der Waals surface area contributed by atoms with E-state index in [-0.39, 0.29) is 5.91 Å². The molecule has 0 unspecified atom stereocenters. The summed E-state index contributed by atoms with van der Waals surface area (Å²) >= 11 is 0. The average Bonchev–Trinajstić information content (AvgIpc) is 3.37. The summed E-state index contributed by atoms with van der Waals surface area (Å²) in [5, 5.41) is 1.11. The third kappa shape index (κ3) is 3.33. The number of piperidine rings is 1. The van der Waals surface area contributed by atoms with Crippen molar-refractivity contribution in [1.82, 2.24) is 14.8 Å². The van der Waals surface area contributed by atoms with E-state index in [4.69, 9.17) is 0 Å². The van der Waals surface area contributed by atoms with E-state index in [0.29, 0.717) is 5.41 Å². The van der Waals surface area contributed by atoms with Crippen LogP contribution in [0.2, 0.25) is 0 Å². The van der Waals surface area contributed by atoms with Gasteiger partial charge in [-0.3, -0.25) is 9.69 Å². The van der Waals surface area contributed by atoms with E-state index in [0.717, 1.165) is 55.6 Å². The lowest BCUT2D eigenvalue weighted by molar-refractivity contribution is 0.0714. The number of H-pyrrole nitrogens is 1. The van der Waals surface area contributed by atoms with Gasteiger partial charge in [0.1, 0.15) is 0 Å². The molecule has 0 bridgehead atoms. The number of benzene rings is 2. The SMILES string of the molecule is O=C(c1ccc2[nH]ccc2c1)N1CCC2(CCN(Cc3ccccc3)CC2)C1. The van der Waals surface area contributed by atoms with Gasteiger partial charge in [-0.1, -0.05) is 30.3 Å². The summed E-state index contributed by atoms with van der Waals surface area (Å²) in [5.41, 5.74) is 3.61. The topological polar surface area (TPSA) is 39.3 Å². The highest BCUT2D eigenvalue weighted by Gasteiger charge is 2.42. The van der Waals surface area contributed by atoms with Crippen LogP contribution in [0.1, 0.15) is 35.2 Å². The Morgan fingerprint density at radius 1 is 0.964 bits per heavy atom. The van der Waals surface area contributed by atoms with Crippen molar-refractivity contribution >= 4 is 16.8 Å². The standard InChI is InChI=1S/C24H27N3O/c28-23(21-6-7-22-20(16-21)8-12-25-22)27-15-11-24(18-27)9-13-26(14-10-24)17-19-4-2-1-3-5-19/h1-8,12,16,25H,9-11,13-15,17-18H2. The van der Waals surface area contributed by atoms with Crippen molar-refractivity contribution in [2.45, 2.75) is 25.8 Å². The molecule has 0 atom stereocenters. The number of carbonyl (C=O) groups is 1. The second-order valence-electron chi connectivity index (χ2n) is 8.52. The van der Waals surface area contributed by atoms with Gasteiger partial charge >= 0.3 is 0 Å². The first-order chi connectivity index (χ1) is 13.7. The van der Waals surface area contributed by atoms with Gasteiger partial charge in [-0.15, -0.1) is 0 Å². The molecule has 4 heteroatoms. The minimum absolute atomic E-state index is 0.187. The Hall–Kier alpha value is -2.59. The van der Waals surface area contributed by atoms with Crippen LogP contribution in [0.15, 0.2) is 60.8 Å². The van der Waals surface area contributed by atoms with Gasteiger partial charge in [-0.05, 0) is 67.6 Å². The molecule has 1 aromatic heterocycles. The fraction of sp³-hybridized carbons (Fsp3) is 0.375. The van der Waals surface area contributed by atoms with Gasteiger partial charge in [0.05, 0.1) is 0 Å². The molecule has 2 aliphatic rings. The van der Waals surface area contributed by atoms with Gasteiger partial charge in [-0.25, -0.2) is 0 Å². The largest absolute Gasteiger partial charge is 0.361 e. The molecule has 2 aliphatic heterocycles. The van der Waals surface area contributed by atoms with Gasteiger partial charge in [0, 0.05) is 42.3 Å². The molecule has 0 radical (unpaired) electrons. The van der Waals surface area contributed by atoms with Crippen molar-refractivity contribution < 1.29 is 4.79 Å². The van der Waals surface area contributed by atoms with Crippen molar-refractivity contribution in [3.63, 3.8) is 0 Å². The molecule has 0 aliphatic carbocycles. The van der Waals surface area contributed by atoms with Crippen LogP contribution in [0.4, 0.5) is 0 Å². The molecule has 2 fully saturated rings. The predicted octanol–water partition coefficient (Wildman–Crippen LogP) is 4.30. The molecular weight excluding hydrogens is 346 g/mol. The molecule has 5 rings (SSSR count). The van der Waals surface area contributed by atoms with Crippen molar-refractivity contribution in [2.75, 3.05) is 26.2 Å². The zero-order valence-corrected chi connectivity index (χ0v) is 16.2. The lowest BCUT2D eigenvalue weighted by atomic mass is 9.77. The summed E-state index contributed by atoms with van der Waals surface area (Å²) in [6.07, 6.45) is 5.46. The van der Waals surface area contributed by atoms with Crippen LogP contribution >= 0.6 is 0 Å². The van der Waals surface area contributed by atoms with E-state index >= 15 is 0 Å². The number of fused-ring (bicyclic) bond motifs is 1. The van der Waals surface area contributed by atoms with Gasteiger partial charge in [0.15, 0.2) is 0 Å². The lowest BCUT2D eigenvalue weighted by Gasteiger charge is -2.39. The van der Waals surface area contributed by atoms with Crippen LogP contribution in [0, 0.1) is 5.41 Å². The first-order valence-corrected chi connectivity index (χ1v) is 10.3. The zero-order valence-electron chi connectivity index (χ0n) is 16.2. The van der Waals surface area contributed by atoms with Crippen LogP contribution in [0.3, 0.4) is 0 Å². The van der Waals surface area contributed by atoms with Crippen molar-refractivity contribution in [3.8, 4) is 0 Å². The summed E-state index contributed by atoms with van der Waals surface area (Å²) in [7, 11) is 0. The monoisotopic (exact) mass is 373 g/mol. The van der Waals surface area contributed by atoms with Gasteiger partial charge in [0.25, 0.3) is 5.91 Å². The van der Waals surface area contributed by atoms with Crippen LogP contribution in [-0.4, -0.2) is 46.9 Å². The summed E-state index contributed by atoms with van der Waals surface area (Å²) in [4.78, 5) is 20.9. The smallest absolute Gasteiger partial charge is 0.253 e. The number of nitrogens with zero attached hydrogens (tertiary/aromatic N) is 2. The fourth-order valence-electron chi connectivity index (χ4n) is 4.91. The Kier molecular flexibility index (Phi) is 4.44. The average molecular weight is 374 g/mol. The van der Waals surface area contributed by atoms with Crippen LogP contribution in [0.25, 0.3) is 10.9 Å². The second-order valence-corrected chi connectivity index (χ2v) is 8.52. The maximum Gasteiger partial charge on any atom is 0.253 e. The normalized spacial score (nSPS) is 19.5. The number of nitrogens with one attached hydrogen (secondary N) is 1. The molecular formula is C24H27N3O. The van der Waals surface area contributed by atoms with Gasteiger partial charge in [-0.2, -0.15) is 0 Å². The van der Waals surface area contributed by atoms with E-state index in [9.17, 15) is 4.79 Å². The van der Waals surface area contributed by atoms with Gasteiger partial charge in [0.2, 0.25) is 0 Å². The molecule has 144 valence electrons. The molecule has 1 N–H and O–H groups in total. The van der Waals surface area contributed by atoms with E-state index in [1.165, 1.54) is 18.4 Å². The number of amides is 1. The number of hydrogen-bond acceptors (Lipinski definition) is 2. The summed E-state index contributed by atoms with van der Waals surface area (Å²) < 4.78 is 0. The number of aromatic amines is 1. The van der Waals surface area contributed by atoms with E-state index in [2.05, 4.69) is 45.1 Å². The maximum atomic E-state index is 13.0. The highest BCUT2D eigenvalue weighted by atomic mass is 16.2. The van der Waals surface area contributed by atoms with E-state index in [1.807, 2.05) is 30.5 Å². The highest BCUT2D eigenvalue weighted by molar-refractivity contribution is 5.98. The minimum Gasteiger partial charge on any atom is -0.361 e. The lowest BCUT2D eigenvalue weighted by Crippen LogP contribution is -2.41. The third-order valence-electron chi connectivity index (χ3n) is 6.69. The fourth-order valence-corrected chi connectivity index (χ4v) is 4.91. The summed E-state index contributed by atoms with van der Waals surface area (Å²) in [6.45, 7) is 5.10. The summed E-state index contributed by atoms with van der Waals surface area (Å²) in [5.74, 6) is 0.187. The Morgan fingerprint density at radius 2 is 1.75 bits per heavy atom. The van der Waals surface area contributed by atoms with Crippen LogP contribution in [-0.2, 0) is 6.54 Å². The molecule has 0 saturated carbocycles. The Balaban J connectivity index is 1.21. The first-order valence-electron chi connectivity index (χ1n) is 10.3. The predicted molar refractivity (Wildman–Crippen MR) is 112 cm³/mol. The Bertz CT molecular complexity index is 970. The number of hydrogen-bond donors (Lipinski definition) is 1. The second kappa shape index (κ2) is 7.10. The molecule has 3 heterocycles. The summed E-state index contributed by atoms with van der Waals surface area (Å²) in [6, 6.07) is 18.7. The van der Waals surface area contributed by atoms with Crippen molar-refractivity contribution in [3.05, 3.63) is 71.9 Å². The molecule has 3 aromatic rings. The maximum absolute atomic E-state index is 13.0. The van der Waals surface area contributed by atoms with E-state index in [1.54, 1.807) is 0 Å². The van der Waals surface area contributed by atoms with Crippen LogP contribution < -0.4 is 0 Å². The van der Waals surface area contributed by atoms with Crippen molar-refractivity contribution in [2.24, 2.45) is 5.41 Å². The quantitative estimate of drug-likeness (QED) is 0.744. The molecule has 2 aromatic carbocycles. The first kappa shape index (κ1) is 17.5. The number of aromatic nitrogens is 1. The Morgan fingerprint density at radius 3 is 2.57 bits per heavy atom. The number of likely N-dealkylation sites (tertiary alicyclic amines) is 2. The number of carbonyl (C=O) groups excluding carboxylic acids is 1. The van der Waals surface area contributed by atoms with Crippen molar-refractivity contribution in [1.29, 1.82) is 0 Å². The molecule has 2 saturated heterocycles. The molecule has 1 spiro atoms. The third-order valence-corrected chi connectivity index (χ3v) is 6.69. The van der Waals surface area contributed by atoms with Gasteiger partial charge < -0.3 is 9.88 Å². The molecule has 1 amide bonds. The molecule has 4 nitrogen and oxygen atoms in total. The number of rotatable bonds is 3.